The maximum absolute atomic E-state index is 11.5. The Morgan fingerprint density at radius 2 is 2.35 bits per heavy atom. The minimum atomic E-state index is -0.130. The van der Waals surface area contributed by atoms with E-state index in [1.54, 1.807) is 6.33 Å². The van der Waals surface area contributed by atoms with Gasteiger partial charge < -0.3 is 15.2 Å². The summed E-state index contributed by atoms with van der Waals surface area (Å²) in [6.07, 6.45) is 2.89. The van der Waals surface area contributed by atoms with E-state index in [9.17, 15) is 4.79 Å². The van der Waals surface area contributed by atoms with Crippen LogP contribution in [-0.2, 0) is 13.1 Å². The molecule has 1 aromatic rings. The van der Waals surface area contributed by atoms with Gasteiger partial charge in [-0.2, -0.15) is 0 Å². The number of nitrogens with zero attached hydrogens (tertiary/aromatic N) is 3. The fourth-order valence-corrected chi connectivity index (χ4v) is 1.81. The second kappa shape index (κ2) is 5.16. The number of carbonyl (C=O) groups is 1. The lowest BCUT2D eigenvalue weighted by atomic mass is 10.3. The van der Waals surface area contributed by atoms with E-state index in [-0.39, 0.29) is 6.03 Å². The van der Waals surface area contributed by atoms with Gasteiger partial charge in [0.15, 0.2) is 5.82 Å². The fourth-order valence-electron chi connectivity index (χ4n) is 1.81. The molecule has 17 heavy (non-hydrogen) atoms. The first-order valence-corrected chi connectivity index (χ1v) is 6.09. The molecule has 0 spiro atoms. The van der Waals surface area contributed by atoms with Crippen LogP contribution in [0.25, 0.3) is 0 Å². The molecule has 1 heterocycles. The molecule has 1 aliphatic rings. The van der Waals surface area contributed by atoms with Crippen molar-refractivity contribution in [3.63, 3.8) is 0 Å². The summed E-state index contributed by atoms with van der Waals surface area (Å²) in [6, 6.07) is -0.130. The van der Waals surface area contributed by atoms with E-state index in [0.29, 0.717) is 12.5 Å². The molecule has 2 N–H and O–H groups in total. The van der Waals surface area contributed by atoms with Crippen LogP contribution in [0.1, 0.15) is 26.1 Å². The average molecular weight is 237 g/mol. The van der Waals surface area contributed by atoms with Gasteiger partial charge in [0.2, 0.25) is 0 Å². The molecule has 6 nitrogen and oxygen atoms in total. The standard InChI is InChI=1S/C11H19N5O/c1-3-16-7-14-15-10(16)6-13-11(17)12-5-9-4-8(9)2/h7-9H,3-6H2,1-2H3,(H2,12,13,17)/t8-,9+/m1/s1. The first-order chi connectivity index (χ1) is 8.20. The van der Waals surface area contributed by atoms with Gasteiger partial charge in [0, 0.05) is 13.1 Å². The number of amides is 2. The Hall–Kier alpha value is -1.59. The predicted molar refractivity (Wildman–Crippen MR) is 63.2 cm³/mol. The zero-order valence-corrected chi connectivity index (χ0v) is 10.3. The largest absolute Gasteiger partial charge is 0.338 e. The molecule has 2 rings (SSSR count). The summed E-state index contributed by atoms with van der Waals surface area (Å²) in [4.78, 5) is 11.5. The Kier molecular flexibility index (Phi) is 3.61. The summed E-state index contributed by atoms with van der Waals surface area (Å²) >= 11 is 0. The third-order valence-corrected chi connectivity index (χ3v) is 3.24. The van der Waals surface area contributed by atoms with E-state index < -0.39 is 0 Å². The number of aryl methyl sites for hydroxylation is 1. The molecule has 6 heteroatoms. The summed E-state index contributed by atoms with van der Waals surface area (Å²) in [7, 11) is 0. The van der Waals surface area contributed by atoms with Crippen LogP contribution in [0.5, 0.6) is 0 Å². The number of hydrogen-bond donors (Lipinski definition) is 2. The zero-order valence-electron chi connectivity index (χ0n) is 10.3. The molecule has 0 radical (unpaired) electrons. The van der Waals surface area contributed by atoms with Gasteiger partial charge in [-0.15, -0.1) is 10.2 Å². The molecular formula is C11H19N5O. The van der Waals surface area contributed by atoms with Crippen LogP contribution in [0.4, 0.5) is 4.79 Å². The SMILES string of the molecule is CCn1cnnc1CNC(=O)NC[C@@H]1C[C@H]1C. The Morgan fingerprint density at radius 3 is 3.00 bits per heavy atom. The van der Waals surface area contributed by atoms with Crippen molar-refractivity contribution in [2.24, 2.45) is 11.8 Å². The summed E-state index contributed by atoms with van der Waals surface area (Å²) in [6.45, 7) is 6.22. The van der Waals surface area contributed by atoms with Crippen molar-refractivity contribution in [3.05, 3.63) is 12.2 Å². The monoisotopic (exact) mass is 237 g/mol. The fraction of sp³-hybridized carbons (Fsp3) is 0.727. The Labute approximate surface area is 101 Å². The summed E-state index contributed by atoms with van der Waals surface area (Å²) in [5.41, 5.74) is 0. The normalized spacial score (nSPS) is 22.2. The minimum Gasteiger partial charge on any atom is -0.338 e. The van der Waals surface area contributed by atoms with Crippen LogP contribution in [0.15, 0.2) is 6.33 Å². The second-order valence-electron chi connectivity index (χ2n) is 4.57. The quantitative estimate of drug-likeness (QED) is 0.794. The third-order valence-electron chi connectivity index (χ3n) is 3.24. The first-order valence-electron chi connectivity index (χ1n) is 6.09. The highest BCUT2D eigenvalue weighted by Crippen LogP contribution is 2.36. The molecule has 1 fully saturated rings. The van der Waals surface area contributed by atoms with Crippen molar-refractivity contribution >= 4 is 6.03 Å². The Bertz CT molecular complexity index is 389. The highest BCUT2D eigenvalue weighted by atomic mass is 16.2. The topological polar surface area (TPSA) is 71.8 Å². The van der Waals surface area contributed by atoms with Crippen LogP contribution in [-0.4, -0.2) is 27.3 Å². The van der Waals surface area contributed by atoms with Gasteiger partial charge in [0.25, 0.3) is 0 Å². The summed E-state index contributed by atoms with van der Waals surface area (Å²) < 4.78 is 1.91. The van der Waals surface area contributed by atoms with Crippen LogP contribution < -0.4 is 10.6 Å². The van der Waals surface area contributed by atoms with E-state index in [4.69, 9.17) is 0 Å². The van der Waals surface area contributed by atoms with Crippen molar-refractivity contribution < 1.29 is 4.79 Å². The smallest absolute Gasteiger partial charge is 0.315 e. The van der Waals surface area contributed by atoms with Crippen molar-refractivity contribution in [2.75, 3.05) is 6.54 Å². The van der Waals surface area contributed by atoms with Crippen molar-refractivity contribution in [3.8, 4) is 0 Å². The molecule has 0 aliphatic heterocycles. The molecule has 0 bridgehead atoms. The third kappa shape index (κ3) is 3.18. The van der Waals surface area contributed by atoms with Crippen LogP contribution >= 0.6 is 0 Å². The van der Waals surface area contributed by atoms with E-state index in [0.717, 1.165) is 24.8 Å². The number of rotatable bonds is 5. The minimum absolute atomic E-state index is 0.130. The number of aromatic nitrogens is 3. The van der Waals surface area contributed by atoms with Crippen LogP contribution in [0.2, 0.25) is 0 Å². The molecule has 2 amide bonds. The number of carbonyl (C=O) groups excluding carboxylic acids is 1. The Morgan fingerprint density at radius 1 is 1.59 bits per heavy atom. The number of urea groups is 1. The van der Waals surface area contributed by atoms with Gasteiger partial charge in [-0.3, -0.25) is 0 Å². The lowest BCUT2D eigenvalue weighted by molar-refractivity contribution is 0.239. The van der Waals surface area contributed by atoms with Gasteiger partial charge in [-0.1, -0.05) is 6.92 Å². The van der Waals surface area contributed by atoms with Gasteiger partial charge in [-0.05, 0) is 25.2 Å². The van der Waals surface area contributed by atoms with Gasteiger partial charge >= 0.3 is 6.03 Å². The molecule has 1 aliphatic carbocycles. The van der Waals surface area contributed by atoms with Crippen molar-refractivity contribution in [2.45, 2.75) is 33.4 Å². The summed E-state index contributed by atoms with van der Waals surface area (Å²) in [5.74, 6) is 2.21. The average Bonchev–Trinajstić information content (AvgIpc) is 2.86. The molecule has 1 aromatic heterocycles. The lowest BCUT2D eigenvalue weighted by Crippen LogP contribution is -2.36. The van der Waals surface area contributed by atoms with E-state index in [2.05, 4.69) is 27.8 Å². The molecule has 94 valence electrons. The molecule has 0 aromatic carbocycles. The molecular weight excluding hydrogens is 218 g/mol. The van der Waals surface area contributed by atoms with Crippen LogP contribution in [0, 0.1) is 11.8 Å². The van der Waals surface area contributed by atoms with Crippen molar-refractivity contribution in [1.29, 1.82) is 0 Å². The van der Waals surface area contributed by atoms with E-state index >= 15 is 0 Å². The maximum Gasteiger partial charge on any atom is 0.315 e. The lowest BCUT2D eigenvalue weighted by Gasteiger charge is -2.07. The first kappa shape index (κ1) is 11.9. The highest BCUT2D eigenvalue weighted by Gasteiger charge is 2.32. The maximum atomic E-state index is 11.5. The van der Waals surface area contributed by atoms with E-state index in [1.165, 1.54) is 6.42 Å². The zero-order chi connectivity index (χ0) is 12.3. The van der Waals surface area contributed by atoms with E-state index in [1.807, 2.05) is 11.5 Å². The molecule has 0 saturated heterocycles. The molecule has 1 saturated carbocycles. The van der Waals surface area contributed by atoms with Gasteiger partial charge in [0.05, 0.1) is 6.54 Å². The predicted octanol–water partition coefficient (Wildman–Crippen LogP) is 0.753. The number of nitrogens with one attached hydrogen (secondary N) is 2. The molecule has 2 atom stereocenters. The van der Waals surface area contributed by atoms with Gasteiger partial charge in [0.1, 0.15) is 6.33 Å². The summed E-state index contributed by atoms with van der Waals surface area (Å²) in [5, 5.41) is 13.4. The Balaban J connectivity index is 1.68. The van der Waals surface area contributed by atoms with Gasteiger partial charge in [-0.25, -0.2) is 4.79 Å². The van der Waals surface area contributed by atoms with Crippen LogP contribution in [0.3, 0.4) is 0 Å². The number of hydrogen-bond acceptors (Lipinski definition) is 3. The second-order valence-corrected chi connectivity index (χ2v) is 4.57. The molecule has 0 unspecified atom stereocenters. The highest BCUT2D eigenvalue weighted by molar-refractivity contribution is 5.73. The van der Waals surface area contributed by atoms with Crippen molar-refractivity contribution in [1.82, 2.24) is 25.4 Å².